The second-order valence-corrected chi connectivity index (χ2v) is 10.5. The van der Waals surface area contributed by atoms with E-state index in [-0.39, 0.29) is 10.9 Å². The second-order valence-electron chi connectivity index (χ2n) is 7.93. The molecule has 2 N–H and O–H groups in total. The van der Waals surface area contributed by atoms with Crippen molar-refractivity contribution in [2.75, 3.05) is 17.8 Å². The molecular formula is C23H28N2O2S. The highest BCUT2D eigenvalue weighted by atomic mass is 32.2. The number of hydrogen-bond acceptors (Lipinski definition) is 3. The van der Waals surface area contributed by atoms with Gasteiger partial charge in [0.25, 0.3) is 0 Å². The van der Waals surface area contributed by atoms with Crippen LogP contribution in [0.25, 0.3) is 5.57 Å². The molecule has 0 radical (unpaired) electrons. The molecule has 0 amide bonds. The Morgan fingerprint density at radius 2 is 1.79 bits per heavy atom. The summed E-state index contributed by atoms with van der Waals surface area (Å²) in [5.41, 5.74) is 4.05. The molecule has 5 heteroatoms. The molecule has 0 aliphatic carbocycles. The van der Waals surface area contributed by atoms with Gasteiger partial charge < -0.3 is 14.8 Å². The fourth-order valence-electron chi connectivity index (χ4n) is 3.74. The molecule has 1 fully saturated rings. The zero-order chi connectivity index (χ0) is 19.8. The van der Waals surface area contributed by atoms with Gasteiger partial charge in [0.2, 0.25) is 0 Å². The predicted molar refractivity (Wildman–Crippen MR) is 119 cm³/mol. The lowest BCUT2D eigenvalue weighted by atomic mass is 9.83. The van der Waals surface area contributed by atoms with Gasteiger partial charge in [-0.1, -0.05) is 30.3 Å². The van der Waals surface area contributed by atoms with Crippen molar-refractivity contribution in [1.29, 1.82) is 0 Å². The molecule has 1 spiro atoms. The molecule has 2 heterocycles. The number of rotatable bonds is 4. The fraction of sp³-hybridized carbons (Fsp3) is 0.348. The molecule has 28 heavy (non-hydrogen) atoms. The summed E-state index contributed by atoms with van der Waals surface area (Å²) in [5, 5.41) is 3.39. The SMILES string of the molecule is C=S(=O)(Nc1ccc(C2=CC3(CCNCC3)Oc3ccccc32)cc1)C(C)C. The van der Waals surface area contributed by atoms with Crippen LogP contribution in [-0.4, -0.2) is 34.0 Å². The second kappa shape index (κ2) is 7.30. The van der Waals surface area contributed by atoms with Crippen molar-refractivity contribution >= 4 is 26.8 Å². The van der Waals surface area contributed by atoms with Crippen LogP contribution < -0.4 is 14.8 Å². The number of piperidine rings is 1. The summed E-state index contributed by atoms with van der Waals surface area (Å²) in [7, 11) is -2.35. The van der Waals surface area contributed by atoms with Crippen LogP contribution in [0, 0.1) is 0 Å². The molecule has 0 aromatic heterocycles. The van der Waals surface area contributed by atoms with E-state index in [4.69, 9.17) is 4.74 Å². The molecule has 148 valence electrons. The van der Waals surface area contributed by atoms with Crippen molar-refractivity contribution < 1.29 is 8.95 Å². The van der Waals surface area contributed by atoms with Crippen LogP contribution >= 0.6 is 0 Å². The third kappa shape index (κ3) is 3.69. The van der Waals surface area contributed by atoms with Crippen LogP contribution in [0.3, 0.4) is 0 Å². The maximum atomic E-state index is 12.6. The first-order valence-electron chi connectivity index (χ1n) is 9.85. The summed E-state index contributed by atoms with van der Waals surface area (Å²) < 4.78 is 22.1. The van der Waals surface area contributed by atoms with Crippen LogP contribution in [0.15, 0.2) is 54.6 Å². The molecule has 2 aliphatic rings. The van der Waals surface area contributed by atoms with E-state index in [1.807, 2.05) is 38.1 Å². The lowest BCUT2D eigenvalue weighted by Gasteiger charge is -2.40. The number of fused-ring (bicyclic) bond motifs is 1. The van der Waals surface area contributed by atoms with Gasteiger partial charge in [0, 0.05) is 39.1 Å². The van der Waals surface area contributed by atoms with Crippen LogP contribution in [0.5, 0.6) is 5.75 Å². The number of para-hydroxylation sites is 1. The summed E-state index contributed by atoms with van der Waals surface area (Å²) in [5.74, 6) is 4.80. The molecular weight excluding hydrogens is 368 g/mol. The van der Waals surface area contributed by atoms with E-state index in [9.17, 15) is 4.21 Å². The number of nitrogens with one attached hydrogen (secondary N) is 2. The maximum absolute atomic E-state index is 12.6. The largest absolute Gasteiger partial charge is 0.482 e. The maximum Gasteiger partial charge on any atom is 0.130 e. The smallest absolute Gasteiger partial charge is 0.130 e. The lowest BCUT2D eigenvalue weighted by molar-refractivity contribution is 0.0817. The van der Waals surface area contributed by atoms with Crippen molar-refractivity contribution in [3.63, 3.8) is 0 Å². The predicted octanol–water partition coefficient (Wildman–Crippen LogP) is 4.08. The number of anilines is 1. The molecule has 1 unspecified atom stereocenters. The van der Waals surface area contributed by atoms with Crippen LogP contribution in [0.2, 0.25) is 0 Å². The van der Waals surface area contributed by atoms with E-state index in [0.717, 1.165) is 48.5 Å². The van der Waals surface area contributed by atoms with Crippen LogP contribution in [-0.2, 0) is 9.71 Å². The van der Waals surface area contributed by atoms with E-state index in [1.165, 1.54) is 5.57 Å². The molecule has 4 nitrogen and oxygen atoms in total. The average Bonchev–Trinajstić information content (AvgIpc) is 2.68. The summed E-state index contributed by atoms with van der Waals surface area (Å²) >= 11 is 0. The van der Waals surface area contributed by atoms with Crippen molar-refractivity contribution in [3.8, 4) is 5.75 Å². The van der Waals surface area contributed by atoms with Gasteiger partial charge in [0.15, 0.2) is 0 Å². The normalized spacial score (nSPS) is 20.0. The van der Waals surface area contributed by atoms with Crippen molar-refractivity contribution in [1.82, 2.24) is 5.32 Å². The number of ether oxygens (including phenoxy) is 1. The van der Waals surface area contributed by atoms with Gasteiger partial charge in [-0.3, -0.25) is 0 Å². The Hall–Kier alpha value is -2.24. The number of benzene rings is 2. The standard InChI is InChI=1S/C23H28N2O2S/c1-17(2)28(3,26)25-19-10-8-18(9-11-19)21-16-23(12-14-24-15-13-23)27-22-7-5-4-6-20(21)22/h4-11,16-17,24H,3,12-15H2,1-2H3,(H,25,26). The summed E-state index contributed by atoms with van der Waals surface area (Å²) in [4.78, 5) is 0. The Labute approximate surface area is 168 Å². The van der Waals surface area contributed by atoms with Crippen LogP contribution in [0.1, 0.15) is 37.8 Å². The van der Waals surface area contributed by atoms with E-state index in [0.29, 0.717) is 0 Å². The highest BCUT2D eigenvalue weighted by molar-refractivity contribution is 8.02. The van der Waals surface area contributed by atoms with Gasteiger partial charge in [0.1, 0.15) is 11.4 Å². The highest BCUT2D eigenvalue weighted by Gasteiger charge is 2.36. The van der Waals surface area contributed by atoms with Gasteiger partial charge >= 0.3 is 0 Å². The zero-order valence-electron chi connectivity index (χ0n) is 16.5. The monoisotopic (exact) mass is 396 g/mol. The van der Waals surface area contributed by atoms with Gasteiger partial charge in [0.05, 0.1) is 0 Å². The minimum absolute atomic E-state index is 0.0305. The molecule has 2 aromatic rings. The first kappa shape index (κ1) is 19.1. The van der Waals surface area contributed by atoms with Crippen molar-refractivity contribution in [2.45, 2.75) is 37.5 Å². The summed E-state index contributed by atoms with van der Waals surface area (Å²) in [6, 6.07) is 16.4. The van der Waals surface area contributed by atoms with Crippen molar-refractivity contribution in [3.05, 3.63) is 65.7 Å². The van der Waals surface area contributed by atoms with Gasteiger partial charge in [-0.05, 0) is 68.2 Å². The molecule has 0 saturated carbocycles. The Morgan fingerprint density at radius 3 is 2.46 bits per heavy atom. The third-order valence-corrected chi connectivity index (χ3v) is 7.70. The quantitative estimate of drug-likeness (QED) is 0.766. The third-order valence-electron chi connectivity index (χ3n) is 5.60. The van der Waals surface area contributed by atoms with E-state index in [1.54, 1.807) is 0 Å². The fourth-order valence-corrected chi connectivity index (χ4v) is 4.51. The minimum atomic E-state index is -2.35. The summed E-state index contributed by atoms with van der Waals surface area (Å²) in [6.07, 6.45) is 4.22. The summed E-state index contributed by atoms with van der Waals surface area (Å²) in [6.45, 7) is 5.75. The topological polar surface area (TPSA) is 50.4 Å². The molecule has 1 saturated heterocycles. The highest BCUT2D eigenvalue weighted by Crippen LogP contribution is 2.42. The average molecular weight is 397 g/mol. The Bertz CT molecular complexity index is 986. The molecule has 2 aliphatic heterocycles. The Morgan fingerprint density at radius 1 is 1.11 bits per heavy atom. The molecule has 2 aromatic carbocycles. The Kier molecular flexibility index (Phi) is 4.98. The van der Waals surface area contributed by atoms with E-state index < -0.39 is 9.71 Å². The van der Waals surface area contributed by atoms with Crippen LogP contribution in [0.4, 0.5) is 5.69 Å². The van der Waals surface area contributed by atoms with Gasteiger partial charge in [-0.2, -0.15) is 0 Å². The minimum Gasteiger partial charge on any atom is -0.482 e. The van der Waals surface area contributed by atoms with Gasteiger partial charge in [-0.25, -0.2) is 4.21 Å². The van der Waals surface area contributed by atoms with Crippen molar-refractivity contribution in [2.24, 2.45) is 0 Å². The van der Waals surface area contributed by atoms with E-state index in [2.05, 4.69) is 46.3 Å². The molecule has 0 bridgehead atoms. The number of hydrogen-bond donors (Lipinski definition) is 2. The Balaban J connectivity index is 1.70. The first-order chi connectivity index (χ1) is 13.4. The lowest BCUT2D eigenvalue weighted by Crippen LogP contribution is -2.46. The molecule has 1 atom stereocenters. The molecule has 4 rings (SSSR count). The van der Waals surface area contributed by atoms with E-state index >= 15 is 0 Å². The first-order valence-corrected chi connectivity index (χ1v) is 11.6. The zero-order valence-corrected chi connectivity index (χ0v) is 17.4. The van der Waals surface area contributed by atoms with Gasteiger partial charge in [-0.15, -0.1) is 0 Å².